The van der Waals surface area contributed by atoms with Gasteiger partial charge < -0.3 is 15.1 Å². The van der Waals surface area contributed by atoms with Crippen LogP contribution in [0.3, 0.4) is 0 Å². The number of fused-ring (bicyclic) bond motifs is 2. The summed E-state index contributed by atoms with van der Waals surface area (Å²) in [5.74, 6) is 2.02. The Morgan fingerprint density at radius 3 is 1.68 bits per heavy atom. The molecule has 4 aliphatic rings. The molecular formula is C27H48I2N8. The number of aromatic nitrogens is 4. The minimum atomic E-state index is 0. The lowest BCUT2D eigenvalue weighted by molar-refractivity contribution is 0.351. The maximum absolute atomic E-state index is 7.72. The number of rotatable bonds is 2. The number of hydrogen-bond donors (Lipinski definition) is 1. The zero-order chi connectivity index (χ0) is 26.8. The molecule has 0 amide bonds. The molecule has 2 aromatic rings. The van der Waals surface area contributed by atoms with Crippen LogP contribution < -0.4 is 15.1 Å². The van der Waals surface area contributed by atoms with Crippen LogP contribution in [0.25, 0.3) is 0 Å². The first-order chi connectivity index (χ1) is 18.1. The average Bonchev–Trinajstić information content (AvgIpc) is 3.57. The van der Waals surface area contributed by atoms with E-state index in [0.29, 0.717) is 0 Å². The molecule has 2 saturated heterocycles. The summed E-state index contributed by atoms with van der Waals surface area (Å²) in [5.41, 5.74) is 4.51. The summed E-state index contributed by atoms with van der Waals surface area (Å²) in [6, 6.07) is 0. The molecule has 0 radical (unpaired) electrons. The number of hydrogen-bond acceptors (Lipinski definition) is 8. The molecule has 10 heteroatoms. The Morgan fingerprint density at radius 2 is 1.14 bits per heavy atom. The van der Waals surface area contributed by atoms with Gasteiger partial charge in [0.1, 0.15) is 27.0 Å². The monoisotopic (exact) mass is 742 g/mol. The number of nitrogens with one attached hydrogen (secondary N) is 1. The molecule has 8 nitrogen and oxygen atoms in total. The van der Waals surface area contributed by atoms with Crippen LogP contribution in [0.2, 0.25) is 0 Å². The van der Waals surface area contributed by atoms with Gasteiger partial charge in [-0.3, -0.25) is 4.90 Å². The van der Waals surface area contributed by atoms with Crippen molar-refractivity contribution in [3.8, 4) is 0 Å². The maximum atomic E-state index is 7.72. The van der Waals surface area contributed by atoms with Crippen molar-refractivity contribution < 1.29 is 2.74 Å². The van der Waals surface area contributed by atoms with E-state index in [4.69, 9.17) is 2.74 Å². The molecule has 0 saturated carbocycles. The maximum Gasteiger partial charge on any atom is 0.136 e. The highest BCUT2D eigenvalue weighted by Crippen LogP contribution is 2.29. The van der Waals surface area contributed by atoms with Crippen LogP contribution in [-0.2, 0) is 26.2 Å². The third kappa shape index (κ3) is 9.10. The van der Waals surface area contributed by atoms with E-state index in [9.17, 15) is 0 Å². The zero-order valence-electron chi connectivity index (χ0n) is 25.3. The number of anilines is 2. The first-order valence-corrected chi connectivity index (χ1v) is 13.7. The second-order valence-corrected chi connectivity index (χ2v) is 9.02. The van der Waals surface area contributed by atoms with Gasteiger partial charge in [-0.1, -0.05) is 27.7 Å². The van der Waals surface area contributed by atoms with Crippen LogP contribution in [0.1, 0.15) is 91.5 Å². The lowest BCUT2D eigenvalue weighted by atomic mass is 10.1. The molecule has 2 aromatic heterocycles. The molecule has 6 rings (SSSR count). The second-order valence-electron chi connectivity index (χ2n) is 9.02. The van der Waals surface area contributed by atoms with Gasteiger partial charge in [-0.25, -0.2) is 19.9 Å². The Bertz CT molecular complexity index is 1000. The normalized spacial score (nSPS) is 18.5. The molecule has 6 heterocycles. The summed E-state index contributed by atoms with van der Waals surface area (Å²) in [5, 5.41) is 3.28. The average molecular weight is 743 g/mol. The van der Waals surface area contributed by atoms with Crippen molar-refractivity contribution in [2.45, 2.75) is 92.4 Å². The largest absolute Gasteiger partial charge is 0.356 e. The Kier molecular flexibility index (Phi) is 15.3. The van der Waals surface area contributed by atoms with E-state index in [-0.39, 0.29) is 60.6 Å². The smallest absolute Gasteiger partial charge is 0.136 e. The van der Waals surface area contributed by atoms with Crippen LogP contribution in [0.4, 0.5) is 11.6 Å². The molecule has 0 atom stereocenters. The number of halogens is 2. The van der Waals surface area contributed by atoms with Crippen molar-refractivity contribution in [1.82, 2.24) is 30.2 Å². The molecule has 1 N–H and O–H groups in total. The van der Waals surface area contributed by atoms with Crippen LogP contribution in [0, 0.1) is 0 Å². The van der Waals surface area contributed by atoms with Gasteiger partial charge in [0, 0.05) is 63.5 Å². The molecule has 210 valence electrons. The fourth-order valence-electron chi connectivity index (χ4n) is 5.04. The zero-order valence-corrected chi connectivity index (χ0v) is 28.0. The molecule has 37 heavy (non-hydrogen) atoms. The molecular weight excluding hydrogens is 690 g/mol. The first kappa shape index (κ1) is 30.7. The van der Waals surface area contributed by atoms with Gasteiger partial charge >= 0.3 is 0 Å². The van der Waals surface area contributed by atoms with E-state index >= 15 is 0 Å². The molecule has 0 aliphatic carbocycles. The molecule has 0 spiro atoms. The van der Waals surface area contributed by atoms with E-state index in [0.717, 1.165) is 75.4 Å². The van der Waals surface area contributed by atoms with Gasteiger partial charge in [-0.2, -0.15) is 0 Å². The van der Waals surface area contributed by atoms with E-state index in [1.807, 2.05) is 27.7 Å². The van der Waals surface area contributed by atoms with E-state index in [1.54, 1.807) is 0 Å². The number of piperidine rings is 2. The van der Waals surface area contributed by atoms with Crippen LogP contribution >= 0.6 is 48.0 Å². The highest BCUT2D eigenvalue weighted by atomic mass is 127. The Morgan fingerprint density at radius 1 is 0.649 bits per heavy atom. The highest BCUT2D eigenvalue weighted by Gasteiger charge is 2.25. The summed E-state index contributed by atoms with van der Waals surface area (Å²) < 4.78 is 15.4. The van der Waals surface area contributed by atoms with Gasteiger partial charge in [0.25, 0.3) is 0 Å². The predicted octanol–water partition coefficient (Wildman–Crippen LogP) is 5.77. The van der Waals surface area contributed by atoms with E-state index in [1.165, 1.54) is 49.7 Å². The molecule has 4 aliphatic heterocycles. The van der Waals surface area contributed by atoms with Gasteiger partial charge in [-0.15, -0.1) is 48.0 Å². The van der Waals surface area contributed by atoms with Crippen molar-refractivity contribution in [1.29, 1.82) is 0 Å². The Labute approximate surface area is 261 Å². The van der Waals surface area contributed by atoms with Gasteiger partial charge in [0.05, 0.1) is 11.4 Å². The van der Waals surface area contributed by atoms with E-state index in [2.05, 4.69) is 47.0 Å². The van der Waals surface area contributed by atoms with Crippen LogP contribution in [0.5, 0.6) is 0 Å². The fourth-order valence-corrected chi connectivity index (χ4v) is 5.04. The third-order valence-electron chi connectivity index (χ3n) is 6.67. The topological polar surface area (TPSA) is 73.3 Å². The third-order valence-corrected chi connectivity index (χ3v) is 6.67. The van der Waals surface area contributed by atoms with Crippen LogP contribution in [0.15, 0.2) is 12.6 Å². The summed E-state index contributed by atoms with van der Waals surface area (Å²) in [6.45, 7) is 15.7. The lowest BCUT2D eigenvalue weighted by Gasteiger charge is -2.29. The van der Waals surface area contributed by atoms with Crippen molar-refractivity contribution in [3.63, 3.8) is 0 Å². The lowest BCUT2D eigenvalue weighted by Crippen LogP contribution is -2.31. The fraction of sp³-hybridized carbons (Fsp3) is 0.704. The molecule has 0 unspecified atom stereocenters. The summed E-state index contributed by atoms with van der Waals surface area (Å²) in [6.07, 6.45) is 7.90. The highest BCUT2D eigenvalue weighted by molar-refractivity contribution is 14.0. The van der Waals surface area contributed by atoms with Gasteiger partial charge in [0.15, 0.2) is 0 Å². The molecule has 0 aromatic carbocycles. The van der Waals surface area contributed by atoms with Crippen molar-refractivity contribution in [2.75, 3.05) is 43.0 Å². The second kappa shape index (κ2) is 18.4. The van der Waals surface area contributed by atoms with Gasteiger partial charge in [0.2, 0.25) is 0 Å². The Balaban J connectivity index is 0.000000332. The predicted molar refractivity (Wildman–Crippen MR) is 175 cm³/mol. The summed E-state index contributed by atoms with van der Waals surface area (Å²) >= 11 is 0. The number of nitrogens with zero attached hydrogens (tertiary/aromatic N) is 7. The summed E-state index contributed by atoms with van der Waals surface area (Å²) in [7, 11) is 2.09. The van der Waals surface area contributed by atoms with Crippen molar-refractivity contribution in [2.24, 2.45) is 0 Å². The summed E-state index contributed by atoms with van der Waals surface area (Å²) in [4.78, 5) is 24.0. The SMILES string of the molecule is CC.CC.I.I.[3H]c1nc2c(c(N3CCCCC3)n1)CN(C)C2.[3H]c1nc2c(c(N3CCCCC3)n1)CNC2. The van der Waals surface area contributed by atoms with E-state index < -0.39 is 0 Å². The molecule has 0 bridgehead atoms. The minimum absolute atomic E-state index is 0. The van der Waals surface area contributed by atoms with Gasteiger partial charge in [-0.05, 0) is 45.6 Å². The van der Waals surface area contributed by atoms with Crippen LogP contribution in [-0.4, -0.2) is 58.1 Å². The minimum Gasteiger partial charge on any atom is -0.356 e. The standard InChI is InChI=1S/C12H18N4.C11H16N4.2C2H6.2HI/c1-15-7-10-11(8-15)13-9-14-12(10)16-5-3-2-4-6-16;1-2-4-15(5-3-1)11-9-6-12-7-10(9)13-8-14-11;2*1-2;;/h9H,2-8H2,1H3;8,12H,1-7H2;2*1-2H3;2*1H/i9T;8T;;;;. The van der Waals surface area contributed by atoms with Crippen molar-refractivity contribution in [3.05, 3.63) is 35.1 Å². The van der Waals surface area contributed by atoms with Crippen molar-refractivity contribution >= 4 is 59.6 Å². The Hall–Kier alpha value is -0.860. The first-order valence-electron chi connectivity index (χ1n) is 14.7. The quantitative estimate of drug-likeness (QED) is 0.390. The molecule has 2 fully saturated rings.